The molecule has 0 saturated carbocycles. The predicted molar refractivity (Wildman–Crippen MR) is 101 cm³/mol. The summed E-state index contributed by atoms with van der Waals surface area (Å²) in [6.07, 6.45) is 1.80. The van der Waals surface area contributed by atoms with Crippen LogP contribution in [0.2, 0.25) is 0 Å². The normalized spacial score (nSPS) is 18.2. The monoisotopic (exact) mass is 396 g/mol. The van der Waals surface area contributed by atoms with E-state index in [0.29, 0.717) is 23.8 Å². The van der Waals surface area contributed by atoms with E-state index in [1.165, 1.54) is 11.3 Å². The lowest BCUT2D eigenvalue weighted by Crippen LogP contribution is -2.44. The maximum Gasteiger partial charge on any atom is 0.250 e. The fraction of sp³-hybridized carbons (Fsp3) is 0.529. The van der Waals surface area contributed by atoms with E-state index in [9.17, 15) is 13.2 Å². The largest absolute Gasteiger partial charge is 0.341 e. The van der Waals surface area contributed by atoms with Crippen molar-refractivity contribution in [2.24, 2.45) is 5.92 Å². The van der Waals surface area contributed by atoms with E-state index in [1.807, 2.05) is 24.8 Å². The molecule has 2 aromatic heterocycles. The fourth-order valence-corrected chi connectivity index (χ4v) is 5.39. The SMILES string of the molecule is Cc1cc(C)n(CC(=O)N2CCCC(CNS(=O)(=O)c3cccs3)C2)n1. The number of aryl methyl sites for hydroxylation is 2. The Bertz CT molecular complexity index is 859. The molecule has 0 aliphatic carbocycles. The number of carbonyl (C=O) groups excluding carboxylic acids is 1. The van der Waals surface area contributed by atoms with Gasteiger partial charge in [-0.25, -0.2) is 13.1 Å². The molecule has 0 bridgehead atoms. The van der Waals surface area contributed by atoms with Crippen LogP contribution in [0.25, 0.3) is 0 Å². The van der Waals surface area contributed by atoms with Crippen LogP contribution in [0, 0.1) is 19.8 Å². The molecule has 142 valence electrons. The number of thiophene rings is 1. The van der Waals surface area contributed by atoms with Gasteiger partial charge in [0, 0.05) is 25.3 Å². The number of hydrogen-bond donors (Lipinski definition) is 1. The minimum Gasteiger partial charge on any atom is -0.341 e. The van der Waals surface area contributed by atoms with Crippen LogP contribution in [0.4, 0.5) is 0 Å². The topological polar surface area (TPSA) is 84.3 Å². The minimum atomic E-state index is -3.45. The maximum atomic E-state index is 12.6. The van der Waals surface area contributed by atoms with Crippen molar-refractivity contribution in [2.75, 3.05) is 19.6 Å². The molecule has 9 heteroatoms. The average molecular weight is 397 g/mol. The van der Waals surface area contributed by atoms with Gasteiger partial charge in [0.1, 0.15) is 10.8 Å². The highest BCUT2D eigenvalue weighted by Crippen LogP contribution is 2.19. The molecule has 26 heavy (non-hydrogen) atoms. The average Bonchev–Trinajstić information content (AvgIpc) is 3.24. The van der Waals surface area contributed by atoms with Gasteiger partial charge in [-0.2, -0.15) is 5.10 Å². The number of piperidine rings is 1. The van der Waals surface area contributed by atoms with E-state index in [-0.39, 0.29) is 18.4 Å². The number of nitrogens with one attached hydrogen (secondary N) is 1. The summed E-state index contributed by atoms with van der Waals surface area (Å²) in [7, 11) is -3.45. The number of amides is 1. The van der Waals surface area contributed by atoms with Crippen molar-refractivity contribution in [1.82, 2.24) is 19.4 Å². The first-order valence-electron chi connectivity index (χ1n) is 8.67. The van der Waals surface area contributed by atoms with Crippen LogP contribution in [0.15, 0.2) is 27.8 Å². The van der Waals surface area contributed by atoms with Gasteiger partial charge in [0.2, 0.25) is 15.9 Å². The lowest BCUT2D eigenvalue weighted by atomic mass is 9.98. The summed E-state index contributed by atoms with van der Waals surface area (Å²) < 4.78 is 29.2. The molecule has 1 aliphatic rings. The molecule has 1 atom stereocenters. The van der Waals surface area contributed by atoms with Crippen molar-refractivity contribution in [2.45, 2.75) is 37.4 Å². The van der Waals surface area contributed by atoms with Gasteiger partial charge in [0.05, 0.1) is 5.69 Å². The Labute approximate surface area is 158 Å². The first-order chi connectivity index (χ1) is 12.3. The summed E-state index contributed by atoms with van der Waals surface area (Å²) in [6, 6.07) is 5.27. The van der Waals surface area contributed by atoms with Gasteiger partial charge in [-0.05, 0) is 50.1 Å². The minimum absolute atomic E-state index is 0.0296. The van der Waals surface area contributed by atoms with Gasteiger partial charge in [-0.15, -0.1) is 11.3 Å². The summed E-state index contributed by atoms with van der Waals surface area (Å²) in [6.45, 7) is 5.71. The zero-order valence-electron chi connectivity index (χ0n) is 15.0. The standard InChI is InChI=1S/C17H24N4O3S2/c1-13-9-14(2)21(19-13)12-16(22)20-7-3-5-15(11-20)10-18-26(23,24)17-6-4-8-25-17/h4,6,8-9,15,18H,3,5,7,10-12H2,1-2H3. The Balaban J connectivity index is 1.55. The molecule has 3 rings (SSSR count). The van der Waals surface area contributed by atoms with Crippen LogP contribution >= 0.6 is 11.3 Å². The summed E-state index contributed by atoms with van der Waals surface area (Å²) in [4.78, 5) is 14.4. The molecule has 0 radical (unpaired) electrons. The first-order valence-corrected chi connectivity index (χ1v) is 11.0. The summed E-state index contributed by atoms with van der Waals surface area (Å²) in [5.74, 6) is 0.157. The summed E-state index contributed by atoms with van der Waals surface area (Å²) >= 11 is 1.20. The van der Waals surface area contributed by atoms with E-state index in [0.717, 1.165) is 24.2 Å². The number of sulfonamides is 1. The highest BCUT2D eigenvalue weighted by molar-refractivity contribution is 7.91. The number of nitrogens with zero attached hydrogens (tertiary/aromatic N) is 3. The zero-order chi connectivity index (χ0) is 18.7. The molecule has 1 saturated heterocycles. The highest BCUT2D eigenvalue weighted by Gasteiger charge is 2.26. The van der Waals surface area contributed by atoms with E-state index < -0.39 is 10.0 Å². The van der Waals surface area contributed by atoms with Crippen LogP contribution in [-0.2, 0) is 21.4 Å². The van der Waals surface area contributed by atoms with Crippen LogP contribution in [0.1, 0.15) is 24.2 Å². The number of carbonyl (C=O) groups is 1. The Morgan fingerprint density at radius 1 is 1.42 bits per heavy atom. The van der Waals surface area contributed by atoms with Crippen LogP contribution in [0.3, 0.4) is 0 Å². The summed E-state index contributed by atoms with van der Waals surface area (Å²) in [5.41, 5.74) is 1.86. The predicted octanol–water partition coefficient (Wildman–Crippen LogP) is 1.78. The Kier molecular flexibility index (Phi) is 5.79. The molecule has 1 N–H and O–H groups in total. The molecule has 1 unspecified atom stereocenters. The first kappa shape index (κ1) is 19.1. The second-order valence-electron chi connectivity index (χ2n) is 6.72. The molecule has 1 amide bonds. The van der Waals surface area contributed by atoms with Crippen molar-refractivity contribution < 1.29 is 13.2 Å². The fourth-order valence-electron chi connectivity index (χ4n) is 3.24. The van der Waals surface area contributed by atoms with E-state index in [2.05, 4.69) is 9.82 Å². The number of aromatic nitrogens is 2. The molecule has 2 aromatic rings. The molecule has 1 aliphatic heterocycles. The molecular weight excluding hydrogens is 372 g/mol. The van der Waals surface area contributed by atoms with Crippen molar-refractivity contribution >= 4 is 27.3 Å². The quantitative estimate of drug-likeness (QED) is 0.807. The van der Waals surface area contributed by atoms with Crippen LogP contribution in [0.5, 0.6) is 0 Å². The summed E-state index contributed by atoms with van der Waals surface area (Å²) in [5, 5.41) is 6.08. The van der Waals surface area contributed by atoms with Crippen molar-refractivity contribution in [3.05, 3.63) is 35.0 Å². The molecule has 0 aromatic carbocycles. The van der Waals surface area contributed by atoms with Gasteiger partial charge >= 0.3 is 0 Å². The van der Waals surface area contributed by atoms with Crippen LogP contribution < -0.4 is 4.72 Å². The van der Waals surface area contributed by atoms with Crippen molar-refractivity contribution in [3.63, 3.8) is 0 Å². The van der Waals surface area contributed by atoms with Gasteiger partial charge < -0.3 is 4.90 Å². The third-order valence-corrected chi connectivity index (χ3v) is 7.40. The Morgan fingerprint density at radius 3 is 2.88 bits per heavy atom. The Hall–Kier alpha value is -1.71. The second-order valence-corrected chi connectivity index (χ2v) is 9.66. The molecular formula is C17H24N4O3S2. The van der Waals surface area contributed by atoms with Gasteiger partial charge in [0.15, 0.2) is 0 Å². The van der Waals surface area contributed by atoms with Crippen molar-refractivity contribution in [3.8, 4) is 0 Å². The third-order valence-electron chi connectivity index (χ3n) is 4.58. The van der Waals surface area contributed by atoms with Gasteiger partial charge in [0.25, 0.3) is 0 Å². The van der Waals surface area contributed by atoms with E-state index >= 15 is 0 Å². The molecule has 7 nitrogen and oxygen atoms in total. The van der Waals surface area contributed by atoms with Crippen molar-refractivity contribution in [1.29, 1.82) is 0 Å². The smallest absolute Gasteiger partial charge is 0.250 e. The van der Waals surface area contributed by atoms with E-state index in [4.69, 9.17) is 0 Å². The maximum absolute atomic E-state index is 12.6. The highest BCUT2D eigenvalue weighted by atomic mass is 32.2. The number of likely N-dealkylation sites (tertiary alicyclic amines) is 1. The molecule has 1 fully saturated rings. The number of rotatable bonds is 6. The molecule has 3 heterocycles. The Morgan fingerprint density at radius 2 is 2.23 bits per heavy atom. The van der Waals surface area contributed by atoms with Gasteiger partial charge in [-0.3, -0.25) is 9.48 Å². The molecule has 0 spiro atoms. The lowest BCUT2D eigenvalue weighted by molar-refractivity contribution is -0.133. The van der Waals surface area contributed by atoms with Gasteiger partial charge in [-0.1, -0.05) is 6.07 Å². The zero-order valence-corrected chi connectivity index (χ0v) is 16.6. The van der Waals surface area contributed by atoms with Crippen LogP contribution in [-0.4, -0.2) is 48.6 Å². The number of hydrogen-bond acceptors (Lipinski definition) is 5. The second kappa shape index (κ2) is 7.89. The van der Waals surface area contributed by atoms with E-state index in [1.54, 1.807) is 22.2 Å². The third kappa shape index (κ3) is 4.52. The lowest BCUT2D eigenvalue weighted by Gasteiger charge is -2.33.